The number of alkyl halides is 6. The van der Waals surface area contributed by atoms with Gasteiger partial charge in [-0.25, -0.2) is 34.3 Å². The van der Waals surface area contributed by atoms with E-state index in [1.54, 1.807) is 48.7 Å². The lowest BCUT2D eigenvalue weighted by Crippen LogP contribution is -2.48. The molecule has 4 aliphatic heterocycles. The summed E-state index contributed by atoms with van der Waals surface area (Å²) in [6, 6.07) is 12.2. The minimum atomic E-state index is -4.46. The second-order valence-corrected chi connectivity index (χ2v) is 14.6. The Morgan fingerprint density at radius 1 is 0.738 bits per heavy atom. The third-order valence-electron chi connectivity index (χ3n) is 9.64. The fourth-order valence-corrected chi connectivity index (χ4v) is 7.38. The minimum Gasteiger partial charge on any atom is -0.476 e. The second kappa shape index (κ2) is 18.3. The number of carboxylic acids is 1. The number of hydrogen-bond donors (Lipinski definition) is 4. The molecule has 0 aliphatic carbocycles. The molecule has 0 aromatic carbocycles. The van der Waals surface area contributed by atoms with Crippen molar-refractivity contribution in [2.45, 2.75) is 50.1 Å². The van der Waals surface area contributed by atoms with Gasteiger partial charge in [-0.05, 0) is 49.2 Å². The summed E-state index contributed by atoms with van der Waals surface area (Å²) in [4.78, 5) is 73.1. The van der Waals surface area contributed by atoms with Gasteiger partial charge in [-0.2, -0.15) is 26.3 Å². The van der Waals surface area contributed by atoms with Gasteiger partial charge < -0.3 is 20.6 Å². The maximum absolute atomic E-state index is 13.0. The highest BCUT2D eigenvalue weighted by atomic mass is 35.5. The molecule has 16 nitrogen and oxygen atoms in total. The number of carboxylic acid groups (broad SMARTS) is 1. The predicted molar refractivity (Wildman–Crippen MR) is 213 cm³/mol. The molecule has 8 rings (SSSR count). The molecule has 4 aromatic rings. The summed E-state index contributed by atoms with van der Waals surface area (Å²) in [5, 5.41) is 14.7. The fourth-order valence-electron chi connectivity index (χ4n) is 6.90. The van der Waals surface area contributed by atoms with E-state index in [4.69, 9.17) is 23.2 Å². The fraction of sp³-hybridized carbons (Fsp3) is 0.351. The maximum atomic E-state index is 13.0. The van der Waals surface area contributed by atoms with Gasteiger partial charge in [-0.15, -0.1) is 0 Å². The standard InChI is InChI=1S/C19H17ClF3N5O2.C16H14ClN5O3.C2H4F3N/c20-12-9-13-17(26-16(12)14(29)4-6-19(21,22)23)28(11-5-8-27(13)10-11)18(30)25-15-3-1-2-7-24-15;17-10-7-11-14(20-13(10)15(23)24)22(9-4-6-21(11)8-9)16(25)19-12-3-1-2-5-18-12;3-2(4,5)1-6/h1-3,7,9,11H,4-6,8,10H2,(H,24,25,30);1-3,5,7,9H,4,6,8H2,(H,23,24)(H,18,19,25);1,6H2/t11-;9-;/m00./s1. The first-order valence-corrected chi connectivity index (χ1v) is 19.1. The first kappa shape index (κ1) is 44.5. The third-order valence-corrected chi connectivity index (χ3v) is 10.2. The summed E-state index contributed by atoms with van der Waals surface area (Å²) in [5.41, 5.74) is 4.88. The number of aromatic carboxylic acids is 1. The number of fused-ring (bicyclic) bond motifs is 8. The molecule has 4 bridgehead atoms. The van der Waals surface area contributed by atoms with E-state index in [0.29, 0.717) is 54.9 Å². The molecule has 0 unspecified atom stereocenters. The normalized spacial score (nSPS) is 17.3. The molecule has 4 aromatic heterocycles. The second-order valence-electron chi connectivity index (χ2n) is 13.8. The van der Waals surface area contributed by atoms with Gasteiger partial charge in [-0.1, -0.05) is 35.3 Å². The van der Waals surface area contributed by atoms with Crippen LogP contribution in [0.25, 0.3) is 0 Å². The average Bonchev–Trinajstić information content (AvgIpc) is 3.83. The summed E-state index contributed by atoms with van der Waals surface area (Å²) in [6.07, 6.45) is -6.10. The SMILES string of the molecule is NCC(F)(F)F.O=C(CCC(F)(F)F)c1nc2c(cc1Cl)N1CC[C@@H](C1)N2C(=O)Nc1ccccn1.O=C(O)c1nc2c(cc1Cl)N1CC[C@@H](C1)N2C(=O)Nc1ccccn1. The Labute approximate surface area is 352 Å². The van der Waals surface area contributed by atoms with Crippen LogP contribution in [0.5, 0.6) is 0 Å². The van der Waals surface area contributed by atoms with Crippen LogP contribution in [-0.2, 0) is 0 Å². The molecule has 2 atom stereocenters. The highest BCUT2D eigenvalue weighted by Gasteiger charge is 2.43. The number of hydrogen-bond acceptors (Lipinski definition) is 11. The van der Waals surface area contributed by atoms with E-state index in [-0.39, 0.29) is 39.3 Å². The van der Waals surface area contributed by atoms with Crippen molar-refractivity contribution in [3.05, 3.63) is 82.4 Å². The van der Waals surface area contributed by atoms with Crippen LogP contribution in [0.1, 0.15) is 46.7 Å². The highest BCUT2D eigenvalue weighted by molar-refractivity contribution is 6.34. The molecule has 4 aliphatic rings. The highest BCUT2D eigenvalue weighted by Crippen LogP contribution is 2.43. The van der Waals surface area contributed by atoms with Crippen molar-refractivity contribution in [3.63, 3.8) is 0 Å². The van der Waals surface area contributed by atoms with Gasteiger partial charge in [0.25, 0.3) is 0 Å². The Hall–Kier alpha value is -6.00. The molecule has 8 heterocycles. The smallest absolute Gasteiger partial charge is 0.400 e. The average molecular weight is 899 g/mol. The summed E-state index contributed by atoms with van der Waals surface area (Å²) < 4.78 is 69.5. The monoisotopic (exact) mass is 897 g/mol. The number of nitrogens with zero attached hydrogens (tertiary/aromatic N) is 8. The number of aromatic nitrogens is 4. The number of nitrogens with one attached hydrogen (secondary N) is 2. The molecule has 2 saturated heterocycles. The van der Waals surface area contributed by atoms with Crippen molar-refractivity contribution < 1.29 is 50.6 Å². The molecule has 0 radical (unpaired) electrons. The van der Waals surface area contributed by atoms with Crippen LogP contribution < -0.4 is 36.0 Å². The number of halogens is 8. The number of rotatable bonds is 6. The Bertz CT molecular complexity index is 2280. The zero-order valence-corrected chi connectivity index (χ0v) is 33.1. The van der Waals surface area contributed by atoms with Crippen molar-refractivity contribution in [2.24, 2.45) is 5.73 Å². The maximum Gasteiger partial charge on any atom is 0.400 e. The number of carbonyl (C=O) groups excluding carboxylic acids is 3. The van der Waals surface area contributed by atoms with E-state index < -0.39 is 55.6 Å². The molecule has 324 valence electrons. The summed E-state index contributed by atoms with van der Waals surface area (Å²) in [5.74, 6) is -0.772. The van der Waals surface area contributed by atoms with E-state index in [1.807, 2.05) is 4.90 Å². The number of anilines is 6. The van der Waals surface area contributed by atoms with Crippen LogP contribution in [0.15, 0.2) is 60.9 Å². The van der Waals surface area contributed by atoms with E-state index in [9.17, 15) is 50.6 Å². The lowest BCUT2D eigenvalue weighted by molar-refractivity contribution is -0.133. The van der Waals surface area contributed by atoms with Crippen molar-refractivity contribution in [2.75, 3.05) is 63.0 Å². The van der Waals surface area contributed by atoms with Crippen LogP contribution in [0.4, 0.5) is 70.6 Å². The molecule has 5 N–H and O–H groups in total. The van der Waals surface area contributed by atoms with Gasteiger partial charge in [0.15, 0.2) is 23.1 Å². The van der Waals surface area contributed by atoms with Gasteiger partial charge in [0, 0.05) is 45.0 Å². The first-order chi connectivity index (χ1) is 28.8. The Kier molecular flexibility index (Phi) is 13.4. The number of Topliss-reactive ketones (excluding diaryl/α,β-unsaturated/α-hetero) is 1. The quantitative estimate of drug-likeness (QED) is 0.112. The molecule has 4 amide bonds. The number of amides is 4. The Morgan fingerprint density at radius 2 is 1.18 bits per heavy atom. The largest absolute Gasteiger partial charge is 0.476 e. The van der Waals surface area contributed by atoms with Gasteiger partial charge in [0.2, 0.25) is 0 Å². The Morgan fingerprint density at radius 3 is 1.57 bits per heavy atom. The molecule has 24 heteroatoms. The van der Waals surface area contributed by atoms with Crippen molar-refractivity contribution in [1.82, 2.24) is 19.9 Å². The van der Waals surface area contributed by atoms with Gasteiger partial charge in [0.05, 0.1) is 46.5 Å². The predicted octanol–water partition coefficient (Wildman–Crippen LogP) is 7.25. The molecule has 2 fully saturated rings. The Balaban J connectivity index is 0.000000182. The minimum absolute atomic E-state index is 0.0311. The van der Waals surface area contributed by atoms with Crippen LogP contribution in [0, 0.1) is 0 Å². The summed E-state index contributed by atoms with van der Waals surface area (Å²) >= 11 is 12.2. The number of ketones is 1. The van der Waals surface area contributed by atoms with Crippen LogP contribution in [0.3, 0.4) is 0 Å². The molecular formula is C37H35Cl2F6N11O5. The summed E-state index contributed by atoms with van der Waals surface area (Å²) in [6.45, 7) is 1.43. The van der Waals surface area contributed by atoms with E-state index >= 15 is 0 Å². The summed E-state index contributed by atoms with van der Waals surface area (Å²) in [7, 11) is 0. The number of carbonyl (C=O) groups is 4. The molecule has 0 saturated carbocycles. The van der Waals surface area contributed by atoms with Gasteiger partial charge >= 0.3 is 30.4 Å². The number of urea groups is 2. The number of pyridine rings is 4. The van der Waals surface area contributed by atoms with E-state index in [1.165, 1.54) is 22.1 Å². The van der Waals surface area contributed by atoms with Crippen molar-refractivity contribution >= 4 is 81.7 Å². The lowest BCUT2D eigenvalue weighted by atomic mass is 10.1. The molecule has 61 heavy (non-hydrogen) atoms. The zero-order valence-electron chi connectivity index (χ0n) is 31.6. The zero-order chi connectivity index (χ0) is 44.2. The van der Waals surface area contributed by atoms with Gasteiger partial charge in [0.1, 0.15) is 17.3 Å². The van der Waals surface area contributed by atoms with Crippen LogP contribution in [-0.4, -0.2) is 106 Å². The van der Waals surface area contributed by atoms with Crippen molar-refractivity contribution in [1.29, 1.82) is 0 Å². The van der Waals surface area contributed by atoms with E-state index in [0.717, 1.165) is 13.0 Å². The molecular weight excluding hydrogens is 863 g/mol. The lowest BCUT2D eigenvalue weighted by Gasteiger charge is -2.36. The van der Waals surface area contributed by atoms with Crippen molar-refractivity contribution in [3.8, 4) is 0 Å². The number of nitrogens with two attached hydrogens (primary N) is 1. The first-order valence-electron chi connectivity index (χ1n) is 18.4. The van der Waals surface area contributed by atoms with Gasteiger partial charge in [-0.3, -0.25) is 25.2 Å². The van der Waals surface area contributed by atoms with Crippen LogP contribution >= 0.6 is 23.2 Å². The third kappa shape index (κ3) is 10.7. The van der Waals surface area contributed by atoms with E-state index in [2.05, 4.69) is 41.2 Å². The van der Waals surface area contributed by atoms with Crippen LogP contribution in [0.2, 0.25) is 10.0 Å². The topological polar surface area (TPSA) is 203 Å². The molecule has 0 spiro atoms.